The van der Waals surface area contributed by atoms with E-state index in [1.165, 1.54) is 6.92 Å². The van der Waals surface area contributed by atoms with Crippen LogP contribution >= 0.6 is 11.6 Å². The summed E-state index contributed by atoms with van der Waals surface area (Å²) in [7, 11) is 0. The standard InChI is InChI=1S/C14H17ClO3/c1-3-18-14(17)13(10(2)16)9-6-11-4-7-12(15)8-5-11/h4-5,7-8,13H,3,6,9H2,1-2H3. The Morgan fingerprint density at radius 1 is 1.28 bits per heavy atom. The van der Waals surface area contributed by atoms with Crippen LogP contribution in [0.1, 0.15) is 25.8 Å². The van der Waals surface area contributed by atoms with E-state index in [1.807, 2.05) is 12.1 Å². The molecule has 1 rings (SSSR count). The van der Waals surface area contributed by atoms with Crippen molar-refractivity contribution >= 4 is 23.4 Å². The molecule has 0 saturated carbocycles. The predicted molar refractivity (Wildman–Crippen MR) is 70.6 cm³/mol. The second kappa shape index (κ2) is 7.17. The van der Waals surface area contributed by atoms with E-state index in [0.29, 0.717) is 24.5 Å². The number of Topliss-reactive ketones (excluding diaryl/α,β-unsaturated/α-hetero) is 1. The molecule has 0 aliphatic carbocycles. The molecule has 18 heavy (non-hydrogen) atoms. The van der Waals surface area contributed by atoms with Gasteiger partial charge in [-0.25, -0.2) is 0 Å². The van der Waals surface area contributed by atoms with Crippen molar-refractivity contribution in [3.63, 3.8) is 0 Å². The molecule has 0 aromatic heterocycles. The van der Waals surface area contributed by atoms with Gasteiger partial charge in [0.15, 0.2) is 0 Å². The molecule has 4 heteroatoms. The molecule has 0 radical (unpaired) electrons. The molecule has 3 nitrogen and oxygen atoms in total. The van der Waals surface area contributed by atoms with Gasteiger partial charge in [0.2, 0.25) is 0 Å². The van der Waals surface area contributed by atoms with Crippen molar-refractivity contribution < 1.29 is 14.3 Å². The molecule has 0 fully saturated rings. The number of carbonyl (C=O) groups is 2. The smallest absolute Gasteiger partial charge is 0.316 e. The first-order chi connectivity index (χ1) is 8.54. The molecule has 0 spiro atoms. The lowest BCUT2D eigenvalue weighted by molar-refractivity contribution is -0.151. The highest BCUT2D eigenvalue weighted by atomic mass is 35.5. The molecule has 0 saturated heterocycles. The zero-order valence-corrected chi connectivity index (χ0v) is 11.4. The number of hydrogen-bond acceptors (Lipinski definition) is 3. The summed E-state index contributed by atoms with van der Waals surface area (Å²) in [4.78, 5) is 23.0. The summed E-state index contributed by atoms with van der Waals surface area (Å²) in [5.74, 6) is -1.25. The van der Waals surface area contributed by atoms with Crippen molar-refractivity contribution in [2.24, 2.45) is 5.92 Å². The fourth-order valence-electron chi connectivity index (χ4n) is 1.69. The van der Waals surface area contributed by atoms with Crippen LogP contribution in [0.5, 0.6) is 0 Å². The molecular weight excluding hydrogens is 252 g/mol. The maximum absolute atomic E-state index is 11.6. The van der Waals surface area contributed by atoms with Crippen LogP contribution in [0, 0.1) is 5.92 Å². The zero-order chi connectivity index (χ0) is 13.5. The first-order valence-electron chi connectivity index (χ1n) is 5.96. The summed E-state index contributed by atoms with van der Waals surface area (Å²) in [6.07, 6.45) is 1.12. The van der Waals surface area contributed by atoms with E-state index < -0.39 is 11.9 Å². The van der Waals surface area contributed by atoms with Crippen molar-refractivity contribution in [3.8, 4) is 0 Å². The van der Waals surface area contributed by atoms with Gasteiger partial charge in [-0.05, 0) is 44.4 Å². The minimum atomic E-state index is -0.666. The lowest BCUT2D eigenvalue weighted by Crippen LogP contribution is -2.24. The molecule has 0 amide bonds. The molecule has 1 aromatic rings. The van der Waals surface area contributed by atoms with E-state index in [1.54, 1.807) is 19.1 Å². The van der Waals surface area contributed by atoms with E-state index in [4.69, 9.17) is 16.3 Å². The molecule has 0 bridgehead atoms. The van der Waals surface area contributed by atoms with Crippen LogP contribution in [0.2, 0.25) is 5.02 Å². The molecule has 1 aromatic carbocycles. The second-order valence-electron chi connectivity index (χ2n) is 4.08. The van der Waals surface area contributed by atoms with Crippen molar-refractivity contribution in [3.05, 3.63) is 34.9 Å². The van der Waals surface area contributed by atoms with Gasteiger partial charge in [-0.15, -0.1) is 0 Å². The summed E-state index contributed by atoms with van der Waals surface area (Å²) in [6.45, 7) is 3.45. The van der Waals surface area contributed by atoms with Gasteiger partial charge in [-0.3, -0.25) is 9.59 Å². The van der Waals surface area contributed by atoms with Gasteiger partial charge >= 0.3 is 5.97 Å². The fourth-order valence-corrected chi connectivity index (χ4v) is 1.82. The Bertz CT molecular complexity index is 412. The summed E-state index contributed by atoms with van der Waals surface area (Å²) in [5, 5.41) is 0.673. The number of rotatable bonds is 6. The average molecular weight is 269 g/mol. The maximum Gasteiger partial charge on any atom is 0.316 e. The largest absolute Gasteiger partial charge is 0.465 e. The quantitative estimate of drug-likeness (QED) is 0.588. The summed E-state index contributed by atoms with van der Waals surface area (Å²) < 4.78 is 4.89. The third kappa shape index (κ3) is 4.49. The van der Waals surface area contributed by atoms with Gasteiger partial charge < -0.3 is 4.74 Å². The SMILES string of the molecule is CCOC(=O)C(CCc1ccc(Cl)cc1)C(C)=O. The van der Waals surface area contributed by atoms with Gasteiger partial charge in [0.1, 0.15) is 11.7 Å². The molecular formula is C14H17ClO3. The highest BCUT2D eigenvalue weighted by Gasteiger charge is 2.24. The third-order valence-corrected chi connectivity index (χ3v) is 2.95. The summed E-state index contributed by atoms with van der Waals surface area (Å²) in [5.41, 5.74) is 1.05. The molecule has 1 unspecified atom stereocenters. The Morgan fingerprint density at radius 3 is 2.39 bits per heavy atom. The lowest BCUT2D eigenvalue weighted by atomic mass is 9.96. The number of ether oxygens (including phenoxy) is 1. The van der Waals surface area contributed by atoms with Crippen molar-refractivity contribution in [2.75, 3.05) is 6.61 Å². The molecule has 0 aliphatic rings. The second-order valence-corrected chi connectivity index (χ2v) is 4.52. The van der Waals surface area contributed by atoms with Gasteiger partial charge in [-0.1, -0.05) is 23.7 Å². The van der Waals surface area contributed by atoms with Gasteiger partial charge in [-0.2, -0.15) is 0 Å². The van der Waals surface area contributed by atoms with E-state index in [9.17, 15) is 9.59 Å². The number of benzene rings is 1. The molecule has 1 atom stereocenters. The van der Waals surface area contributed by atoms with E-state index in [0.717, 1.165) is 5.56 Å². The minimum Gasteiger partial charge on any atom is -0.465 e. The molecule has 0 aliphatic heterocycles. The number of carbonyl (C=O) groups excluding carboxylic acids is 2. The van der Waals surface area contributed by atoms with Crippen molar-refractivity contribution in [2.45, 2.75) is 26.7 Å². The summed E-state index contributed by atoms with van der Waals surface area (Å²) in [6, 6.07) is 7.38. The molecule has 0 N–H and O–H groups in total. The first-order valence-corrected chi connectivity index (χ1v) is 6.34. The summed E-state index contributed by atoms with van der Waals surface area (Å²) >= 11 is 5.79. The minimum absolute atomic E-state index is 0.151. The van der Waals surface area contributed by atoms with Crippen LogP contribution in [-0.2, 0) is 20.7 Å². The van der Waals surface area contributed by atoms with Crippen LogP contribution in [-0.4, -0.2) is 18.4 Å². The Morgan fingerprint density at radius 2 is 1.89 bits per heavy atom. The third-order valence-electron chi connectivity index (χ3n) is 2.70. The van der Waals surface area contributed by atoms with Gasteiger partial charge in [0, 0.05) is 5.02 Å². The van der Waals surface area contributed by atoms with E-state index in [-0.39, 0.29) is 5.78 Å². The van der Waals surface area contributed by atoms with E-state index >= 15 is 0 Å². The van der Waals surface area contributed by atoms with Crippen LogP contribution < -0.4 is 0 Å². The zero-order valence-electron chi connectivity index (χ0n) is 10.6. The molecule has 0 heterocycles. The van der Waals surface area contributed by atoms with Crippen LogP contribution in [0.15, 0.2) is 24.3 Å². The fraction of sp³-hybridized carbons (Fsp3) is 0.429. The Balaban J connectivity index is 2.59. The number of ketones is 1. The normalized spacial score (nSPS) is 11.9. The predicted octanol–water partition coefficient (Wildman–Crippen LogP) is 3.04. The topological polar surface area (TPSA) is 43.4 Å². The number of halogens is 1. The lowest BCUT2D eigenvalue weighted by Gasteiger charge is -2.12. The Kier molecular flexibility index (Phi) is 5.86. The molecule has 98 valence electrons. The Labute approximate surface area is 112 Å². The van der Waals surface area contributed by atoms with Crippen molar-refractivity contribution in [1.82, 2.24) is 0 Å². The Hall–Kier alpha value is -1.35. The number of hydrogen-bond donors (Lipinski definition) is 0. The maximum atomic E-state index is 11.6. The van der Waals surface area contributed by atoms with Gasteiger partial charge in [0.25, 0.3) is 0 Å². The van der Waals surface area contributed by atoms with Crippen molar-refractivity contribution in [1.29, 1.82) is 0 Å². The van der Waals surface area contributed by atoms with Crippen LogP contribution in [0.25, 0.3) is 0 Å². The van der Waals surface area contributed by atoms with E-state index in [2.05, 4.69) is 0 Å². The van der Waals surface area contributed by atoms with Crippen LogP contribution in [0.3, 0.4) is 0 Å². The highest BCUT2D eigenvalue weighted by Crippen LogP contribution is 2.15. The first kappa shape index (κ1) is 14.7. The number of aryl methyl sites for hydroxylation is 1. The number of esters is 1. The van der Waals surface area contributed by atoms with Gasteiger partial charge in [0.05, 0.1) is 6.61 Å². The monoisotopic (exact) mass is 268 g/mol. The van der Waals surface area contributed by atoms with Crippen LogP contribution in [0.4, 0.5) is 0 Å². The highest BCUT2D eigenvalue weighted by molar-refractivity contribution is 6.30. The average Bonchev–Trinajstić information content (AvgIpc) is 2.31.